The lowest BCUT2D eigenvalue weighted by Crippen LogP contribution is -2.27. The summed E-state index contributed by atoms with van der Waals surface area (Å²) in [4.78, 5) is 23.0. The molecular formula is C19H19N3O2S. The van der Waals surface area contributed by atoms with Gasteiger partial charge in [0.1, 0.15) is 16.4 Å². The highest BCUT2D eigenvalue weighted by molar-refractivity contribution is 7.13. The zero-order valence-corrected chi connectivity index (χ0v) is 15.4. The number of pyridine rings is 1. The molecule has 25 heavy (non-hydrogen) atoms. The van der Waals surface area contributed by atoms with Gasteiger partial charge in [0.15, 0.2) is 0 Å². The van der Waals surface area contributed by atoms with Crippen molar-refractivity contribution < 1.29 is 9.53 Å². The average Bonchev–Trinajstić information content (AvgIpc) is 3.10. The Hall–Kier alpha value is -2.73. The summed E-state index contributed by atoms with van der Waals surface area (Å²) in [6, 6.07) is 9.78. The molecule has 2 heterocycles. The first kappa shape index (κ1) is 17.1. The summed E-state index contributed by atoms with van der Waals surface area (Å²) in [5.41, 5.74) is 4.42. The van der Waals surface area contributed by atoms with Crippen molar-refractivity contribution in [1.29, 1.82) is 0 Å². The van der Waals surface area contributed by atoms with Crippen molar-refractivity contribution in [2.24, 2.45) is 0 Å². The van der Waals surface area contributed by atoms with E-state index in [-0.39, 0.29) is 5.91 Å². The number of thiazole rings is 1. The monoisotopic (exact) mass is 353 g/mol. The van der Waals surface area contributed by atoms with E-state index in [0.29, 0.717) is 17.3 Å². The number of hydrogen-bond acceptors (Lipinski definition) is 5. The number of methoxy groups -OCH3 is 1. The van der Waals surface area contributed by atoms with E-state index < -0.39 is 0 Å². The van der Waals surface area contributed by atoms with Crippen LogP contribution in [-0.2, 0) is 0 Å². The first-order chi connectivity index (χ1) is 12.0. The summed E-state index contributed by atoms with van der Waals surface area (Å²) >= 11 is 1.47. The molecule has 0 spiro atoms. The maximum Gasteiger partial charge on any atom is 0.277 e. The SMILES string of the molecule is COc1ncccc1N(C)C(=O)c1csc(-c2ccc(C)cc2C)n1. The number of ether oxygens (including phenoxy) is 1. The molecule has 3 rings (SSSR count). The van der Waals surface area contributed by atoms with Gasteiger partial charge in [0.25, 0.3) is 5.91 Å². The molecule has 6 heteroatoms. The first-order valence-electron chi connectivity index (χ1n) is 7.81. The van der Waals surface area contributed by atoms with Crippen LogP contribution in [0.1, 0.15) is 21.6 Å². The molecule has 0 N–H and O–H groups in total. The van der Waals surface area contributed by atoms with Crippen molar-refractivity contribution in [3.05, 3.63) is 58.7 Å². The van der Waals surface area contributed by atoms with Crippen LogP contribution in [0.25, 0.3) is 10.6 Å². The van der Waals surface area contributed by atoms with Gasteiger partial charge in [-0.1, -0.05) is 23.8 Å². The molecule has 1 aromatic carbocycles. The molecule has 0 atom stereocenters. The highest BCUT2D eigenvalue weighted by Crippen LogP contribution is 2.29. The molecule has 128 valence electrons. The predicted molar refractivity (Wildman–Crippen MR) is 101 cm³/mol. The Balaban J connectivity index is 1.90. The van der Waals surface area contributed by atoms with Gasteiger partial charge in [-0.3, -0.25) is 4.79 Å². The lowest BCUT2D eigenvalue weighted by atomic mass is 10.1. The quantitative estimate of drug-likeness (QED) is 0.708. The number of hydrogen-bond donors (Lipinski definition) is 0. The molecule has 2 aromatic heterocycles. The Labute approximate surface area is 150 Å². The first-order valence-corrected chi connectivity index (χ1v) is 8.69. The fourth-order valence-electron chi connectivity index (χ4n) is 2.63. The molecule has 0 unspecified atom stereocenters. The van der Waals surface area contributed by atoms with Gasteiger partial charge in [0.05, 0.1) is 7.11 Å². The largest absolute Gasteiger partial charge is 0.480 e. The zero-order valence-electron chi connectivity index (χ0n) is 14.6. The summed E-state index contributed by atoms with van der Waals surface area (Å²) in [5, 5.41) is 2.63. The molecule has 0 aliphatic rings. The molecule has 0 aliphatic carbocycles. The number of amides is 1. The number of carbonyl (C=O) groups is 1. The Morgan fingerprint density at radius 3 is 2.76 bits per heavy atom. The van der Waals surface area contributed by atoms with Crippen LogP contribution in [0.15, 0.2) is 41.9 Å². The van der Waals surface area contributed by atoms with Gasteiger partial charge in [-0.2, -0.15) is 0 Å². The number of rotatable bonds is 4. The van der Waals surface area contributed by atoms with Gasteiger partial charge in [-0.25, -0.2) is 9.97 Å². The lowest BCUT2D eigenvalue weighted by Gasteiger charge is -2.17. The maximum absolute atomic E-state index is 12.8. The van der Waals surface area contributed by atoms with Crippen LogP contribution in [0.3, 0.4) is 0 Å². The second-order valence-electron chi connectivity index (χ2n) is 5.75. The molecule has 0 saturated heterocycles. The van der Waals surface area contributed by atoms with Crippen molar-refractivity contribution in [2.45, 2.75) is 13.8 Å². The fourth-order valence-corrected chi connectivity index (χ4v) is 3.51. The summed E-state index contributed by atoms with van der Waals surface area (Å²) in [7, 11) is 3.23. The van der Waals surface area contributed by atoms with E-state index in [2.05, 4.69) is 35.9 Å². The van der Waals surface area contributed by atoms with Crippen LogP contribution in [0.4, 0.5) is 5.69 Å². The number of carbonyl (C=O) groups excluding carboxylic acids is 1. The van der Waals surface area contributed by atoms with Crippen LogP contribution in [0.5, 0.6) is 5.88 Å². The molecule has 0 radical (unpaired) electrons. The van der Waals surface area contributed by atoms with E-state index in [1.807, 2.05) is 6.07 Å². The molecule has 0 saturated carbocycles. The molecule has 0 fully saturated rings. The molecule has 5 nitrogen and oxygen atoms in total. The Bertz CT molecular complexity index is 921. The van der Waals surface area contributed by atoms with Crippen LogP contribution < -0.4 is 9.64 Å². The van der Waals surface area contributed by atoms with E-state index in [1.165, 1.54) is 28.9 Å². The third-order valence-corrected chi connectivity index (χ3v) is 4.82. The summed E-state index contributed by atoms with van der Waals surface area (Å²) in [6.45, 7) is 4.11. The normalized spacial score (nSPS) is 10.6. The van der Waals surface area contributed by atoms with E-state index in [4.69, 9.17) is 4.74 Å². The zero-order chi connectivity index (χ0) is 18.0. The van der Waals surface area contributed by atoms with Crippen molar-refractivity contribution in [3.63, 3.8) is 0 Å². The Morgan fingerprint density at radius 1 is 1.24 bits per heavy atom. The number of anilines is 1. The van der Waals surface area contributed by atoms with Gasteiger partial charge < -0.3 is 9.64 Å². The second-order valence-corrected chi connectivity index (χ2v) is 6.61. The number of nitrogens with zero attached hydrogens (tertiary/aromatic N) is 3. The van der Waals surface area contributed by atoms with Gasteiger partial charge in [0, 0.05) is 24.2 Å². The predicted octanol–water partition coefficient (Wildman–Crippen LogP) is 4.11. The summed E-state index contributed by atoms with van der Waals surface area (Å²) in [6.07, 6.45) is 1.63. The molecular weight excluding hydrogens is 334 g/mol. The van der Waals surface area contributed by atoms with Gasteiger partial charge in [-0.15, -0.1) is 11.3 Å². The summed E-state index contributed by atoms with van der Waals surface area (Å²) in [5.74, 6) is 0.210. The highest BCUT2D eigenvalue weighted by Gasteiger charge is 2.20. The number of aryl methyl sites for hydroxylation is 2. The van der Waals surface area contributed by atoms with Crippen LogP contribution in [0, 0.1) is 13.8 Å². The fraction of sp³-hybridized carbons (Fsp3) is 0.211. The van der Waals surface area contributed by atoms with E-state index in [0.717, 1.165) is 16.1 Å². The summed E-state index contributed by atoms with van der Waals surface area (Å²) < 4.78 is 5.23. The van der Waals surface area contributed by atoms with Crippen LogP contribution >= 0.6 is 11.3 Å². The maximum atomic E-state index is 12.8. The average molecular weight is 353 g/mol. The second kappa shape index (κ2) is 7.03. The third-order valence-electron chi connectivity index (χ3n) is 3.95. The lowest BCUT2D eigenvalue weighted by molar-refractivity contribution is 0.0988. The minimum atomic E-state index is -0.196. The highest BCUT2D eigenvalue weighted by atomic mass is 32.1. The standard InChI is InChI=1S/C19H19N3O2S/c1-12-7-8-14(13(2)10-12)18-21-15(11-25-18)19(23)22(3)16-6-5-9-20-17(16)24-4/h5-11H,1-4H3. The Kier molecular flexibility index (Phi) is 4.81. The van der Waals surface area contributed by atoms with Gasteiger partial charge in [0.2, 0.25) is 5.88 Å². The molecule has 0 bridgehead atoms. The van der Waals surface area contributed by atoms with Gasteiger partial charge >= 0.3 is 0 Å². The number of benzene rings is 1. The van der Waals surface area contributed by atoms with E-state index in [9.17, 15) is 4.79 Å². The molecule has 3 aromatic rings. The third kappa shape index (κ3) is 3.39. The van der Waals surface area contributed by atoms with Gasteiger partial charge in [-0.05, 0) is 31.5 Å². The van der Waals surface area contributed by atoms with Crippen molar-refractivity contribution in [2.75, 3.05) is 19.1 Å². The Morgan fingerprint density at radius 2 is 2.04 bits per heavy atom. The smallest absolute Gasteiger partial charge is 0.277 e. The van der Waals surface area contributed by atoms with Crippen molar-refractivity contribution in [1.82, 2.24) is 9.97 Å². The molecule has 1 amide bonds. The minimum absolute atomic E-state index is 0.196. The molecule has 0 aliphatic heterocycles. The van der Waals surface area contributed by atoms with Crippen LogP contribution in [0.2, 0.25) is 0 Å². The minimum Gasteiger partial charge on any atom is -0.480 e. The number of aromatic nitrogens is 2. The van der Waals surface area contributed by atoms with Crippen LogP contribution in [-0.4, -0.2) is 30.0 Å². The topological polar surface area (TPSA) is 55.3 Å². The van der Waals surface area contributed by atoms with Crippen molar-refractivity contribution in [3.8, 4) is 16.5 Å². The van der Waals surface area contributed by atoms with E-state index >= 15 is 0 Å². The van der Waals surface area contributed by atoms with Crippen molar-refractivity contribution >= 4 is 22.9 Å². The van der Waals surface area contributed by atoms with E-state index in [1.54, 1.807) is 30.8 Å².